The molecule has 0 fully saturated rings. The van der Waals surface area contributed by atoms with Gasteiger partial charge in [0, 0.05) is 5.56 Å². The van der Waals surface area contributed by atoms with Crippen LogP contribution >= 0.6 is 11.3 Å². The number of rotatable bonds is 7. The lowest BCUT2D eigenvalue weighted by molar-refractivity contribution is -0.676. The number of furan rings is 1. The van der Waals surface area contributed by atoms with Crippen LogP contribution in [0, 0.1) is 0 Å². The van der Waals surface area contributed by atoms with Gasteiger partial charge in [0.05, 0.1) is 17.7 Å². The van der Waals surface area contributed by atoms with E-state index in [0.29, 0.717) is 13.1 Å². The monoisotopic (exact) mass is 327 g/mol. The number of nitrogens with two attached hydrogens (primary N) is 1. The first kappa shape index (κ1) is 15.5. The van der Waals surface area contributed by atoms with Gasteiger partial charge in [-0.05, 0) is 23.6 Å². The van der Waals surface area contributed by atoms with Crippen LogP contribution in [0.25, 0.3) is 0 Å². The minimum atomic E-state index is -0.00103. The SMILES string of the molecule is O=C(C[NH2+][C@@H](c1ccccc1)c1cccs1)NCc1ccco1. The first-order valence-electron chi connectivity index (χ1n) is 7.53. The summed E-state index contributed by atoms with van der Waals surface area (Å²) < 4.78 is 5.21. The number of carbonyl (C=O) groups excluding carboxylic acids is 1. The summed E-state index contributed by atoms with van der Waals surface area (Å²) in [6, 6.07) is 18.2. The van der Waals surface area contributed by atoms with E-state index in [0.717, 1.165) is 5.76 Å². The van der Waals surface area contributed by atoms with E-state index in [1.165, 1.54) is 10.4 Å². The smallest absolute Gasteiger partial charge is 0.275 e. The Bertz CT molecular complexity index is 709. The topological polar surface area (TPSA) is 58.9 Å². The molecular formula is C18H19N2O2S+. The van der Waals surface area contributed by atoms with E-state index in [1.54, 1.807) is 17.6 Å². The van der Waals surface area contributed by atoms with Crippen LogP contribution in [0.5, 0.6) is 0 Å². The first-order chi connectivity index (χ1) is 11.3. The molecule has 1 amide bonds. The first-order valence-corrected chi connectivity index (χ1v) is 8.41. The van der Waals surface area contributed by atoms with Gasteiger partial charge in [-0.25, -0.2) is 0 Å². The molecule has 0 aliphatic heterocycles. The van der Waals surface area contributed by atoms with E-state index in [4.69, 9.17) is 4.42 Å². The van der Waals surface area contributed by atoms with Crippen molar-refractivity contribution in [2.75, 3.05) is 6.54 Å². The maximum Gasteiger partial charge on any atom is 0.275 e. The van der Waals surface area contributed by atoms with E-state index in [9.17, 15) is 4.79 Å². The van der Waals surface area contributed by atoms with Crippen LogP contribution in [0.4, 0.5) is 0 Å². The van der Waals surface area contributed by atoms with Crippen molar-refractivity contribution in [1.29, 1.82) is 0 Å². The van der Waals surface area contributed by atoms with Gasteiger partial charge in [-0.15, -0.1) is 11.3 Å². The fourth-order valence-electron chi connectivity index (χ4n) is 2.44. The number of hydrogen-bond acceptors (Lipinski definition) is 3. The molecule has 0 saturated heterocycles. The van der Waals surface area contributed by atoms with Crippen LogP contribution in [-0.2, 0) is 11.3 Å². The molecule has 0 bridgehead atoms. The summed E-state index contributed by atoms with van der Waals surface area (Å²) in [6.45, 7) is 0.798. The highest BCUT2D eigenvalue weighted by Crippen LogP contribution is 2.22. The van der Waals surface area contributed by atoms with Gasteiger partial charge in [0.2, 0.25) is 0 Å². The molecule has 0 radical (unpaired) electrons. The molecule has 5 heteroatoms. The van der Waals surface area contributed by atoms with Crippen molar-refractivity contribution in [2.45, 2.75) is 12.6 Å². The van der Waals surface area contributed by atoms with Gasteiger partial charge < -0.3 is 15.1 Å². The van der Waals surface area contributed by atoms with E-state index >= 15 is 0 Å². The fourth-order valence-corrected chi connectivity index (χ4v) is 3.29. The Kier molecular flexibility index (Phi) is 5.24. The third-order valence-corrected chi connectivity index (χ3v) is 4.54. The van der Waals surface area contributed by atoms with Gasteiger partial charge in [0.25, 0.3) is 5.91 Å². The van der Waals surface area contributed by atoms with Crippen LogP contribution in [0.2, 0.25) is 0 Å². The molecule has 0 aliphatic rings. The summed E-state index contributed by atoms with van der Waals surface area (Å²) in [5.74, 6) is 0.759. The fraction of sp³-hybridized carbons (Fsp3) is 0.167. The second-order valence-corrected chi connectivity index (χ2v) is 6.18. The third kappa shape index (κ3) is 4.31. The quantitative estimate of drug-likeness (QED) is 0.699. The Labute approximate surface area is 139 Å². The predicted octanol–water partition coefficient (Wildman–Crippen LogP) is 2.31. The highest BCUT2D eigenvalue weighted by atomic mass is 32.1. The number of nitrogens with one attached hydrogen (secondary N) is 1. The van der Waals surface area contributed by atoms with Crippen molar-refractivity contribution < 1.29 is 14.5 Å². The van der Waals surface area contributed by atoms with Crippen molar-refractivity contribution in [1.82, 2.24) is 5.32 Å². The number of quaternary nitrogens is 1. The van der Waals surface area contributed by atoms with Crippen LogP contribution in [0.1, 0.15) is 22.2 Å². The lowest BCUT2D eigenvalue weighted by Crippen LogP contribution is -2.87. The lowest BCUT2D eigenvalue weighted by atomic mass is 10.1. The minimum Gasteiger partial charge on any atom is -0.467 e. The number of amides is 1. The molecule has 1 atom stereocenters. The Morgan fingerprint density at radius 1 is 1.13 bits per heavy atom. The Morgan fingerprint density at radius 3 is 2.70 bits per heavy atom. The van der Waals surface area contributed by atoms with Crippen LogP contribution in [-0.4, -0.2) is 12.5 Å². The number of carbonyl (C=O) groups is 1. The second kappa shape index (κ2) is 7.76. The molecule has 23 heavy (non-hydrogen) atoms. The van der Waals surface area contributed by atoms with Gasteiger partial charge >= 0.3 is 0 Å². The summed E-state index contributed by atoms with van der Waals surface area (Å²) in [6.07, 6.45) is 1.61. The number of thiophene rings is 1. The van der Waals surface area contributed by atoms with Crippen molar-refractivity contribution in [3.05, 3.63) is 82.4 Å². The highest BCUT2D eigenvalue weighted by Gasteiger charge is 2.19. The third-order valence-electron chi connectivity index (χ3n) is 3.59. The average Bonchev–Trinajstić information content (AvgIpc) is 3.28. The Hall–Kier alpha value is -2.37. The predicted molar refractivity (Wildman–Crippen MR) is 90.0 cm³/mol. The zero-order valence-electron chi connectivity index (χ0n) is 12.6. The maximum absolute atomic E-state index is 12.1. The molecule has 0 spiro atoms. The highest BCUT2D eigenvalue weighted by molar-refractivity contribution is 7.10. The van der Waals surface area contributed by atoms with E-state index < -0.39 is 0 Å². The van der Waals surface area contributed by atoms with Crippen LogP contribution < -0.4 is 10.6 Å². The van der Waals surface area contributed by atoms with Crippen molar-refractivity contribution in [3.8, 4) is 0 Å². The molecule has 0 unspecified atom stereocenters. The molecule has 4 nitrogen and oxygen atoms in total. The van der Waals surface area contributed by atoms with Crippen LogP contribution in [0.15, 0.2) is 70.7 Å². The van der Waals surface area contributed by atoms with E-state index in [1.807, 2.05) is 36.4 Å². The average molecular weight is 327 g/mol. The molecule has 2 aromatic heterocycles. The molecule has 2 heterocycles. The molecule has 1 aromatic carbocycles. The van der Waals surface area contributed by atoms with Gasteiger partial charge in [-0.1, -0.05) is 36.4 Å². The summed E-state index contributed by atoms with van der Waals surface area (Å²) in [7, 11) is 0. The van der Waals surface area contributed by atoms with E-state index in [2.05, 4.69) is 34.2 Å². The molecule has 0 aliphatic carbocycles. The summed E-state index contributed by atoms with van der Waals surface area (Å²) in [5, 5.41) is 7.01. The molecule has 0 saturated carbocycles. The minimum absolute atomic E-state index is 0.00103. The molecule has 118 valence electrons. The summed E-state index contributed by atoms with van der Waals surface area (Å²) in [5.41, 5.74) is 1.20. The van der Waals surface area contributed by atoms with Gasteiger partial charge in [0.1, 0.15) is 11.8 Å². The molecule has 3 aromatic rings. The lowest BCUT2D eigenvalue weighted by Gasteiger charge is -2.14. The van der Waals surface area contributed by atoms with Crippen molar-refractivity contribution in [2.24, 2.45) is 0 Å². The van der Waals surface area contributed by atoms with Crippen LogP contribution in [0.3, 0.4) is 0 Å². The number of benzene rings is 1. The standard InChI is InChI=1S/C18H18N2O2S/c21-17(19-12-15-8-4-10-22-15)13-20-18(16-9-5-11-23-16)14-6-2-1-3-7-14/h1-11,18,20H,12-13H2,(H,19,21)/p+1/t18-/m0/s1. The zero-order chi connectivity index (χ0) is 15.9. The number of hydrogen-bond donors (Lipinski definition) is 2. The van der Waals surface area contributed by atoms with E-state index in [-0.39, 0.29) is 11.9 Å². The molecule has 3 rings (SSSR count). The normalized spacial score (nSPS) is 12.0. The summed E-state index contributed by atoms with van der Waals surface area (Å²) in [4.78, 5) is 13.3. The largest absolute Gasteiger partial charge is 0.467 e. The van der Waals surface area contributed by atoms with Gasteiger partial charge in [0.15, 0.2) is 6.54 Å². The van der Waals surface area contributed by atoms with Crippen molar-refractivity contribution in [3.63, 3.8) is 0 Å². The second-order valence-electron chi connectivity index (χ2n) is 5.20. The zero-order valence-corrected chi connectivity index (χ0v) is 13.5. The molecule has 3 N–H and O–H groups in total. The Balaban J connectivity index is 1.59. The van der Waals surface area contributed by atoms with Gasteiger partial charge in [-0.3, -0.25) is 4.79 Å². The Morgan fingerprint density at radius 2 is 2.00 bits per heavy atom. The van der Waals surface area contributed by atoms with Gasteiger partial charge in [-0.2, -0.15) is 0 Å². The van der Waals surface area contributed by atoms with Crippen molar-refractivity contribution >= 4 is 17.2 Å². The summed E-state index contributed by atoms with van der Waals surface area (Å²) >= 11 is 1.71. The molecular weight excluding hydrogens is 308 g/mol. The maximum atomic E-state index is 12.1.